The third-order valence-electron chi connectivity index (χ3n) is 3.38. The van der Waals surface area contributed by atoms with Crippen molar-refractivity contribution in [3.63, 3.8) is 0 Å². The van der Waals surface area contributed by atoms with Crippen LogP contribution in [0.5, 0.6) is 11.5 Å². The summed E-state index contributed by atoms with van der Waals surface area (Å²) in [6, 6.07) is 7.89. The molecule has 0 amide bonds. The lowest BCUT2D eigenvalue weighted by molar-refractivity contribution is 0.0728. The van der Waals surface area contributed by atoms with Crippen molar-refractivity contribution in [3.8, 4) is 11.5 Å². The second kappa shape index (κ2) is 7.44. The van der Waals surface area contributed by atoms with E-state index in [4.69, 9.17) is 9.47 Å². The topological polar surface area (TPSA) is 35.5 Å². The molecular formula is C17H14F2O3S2. The molecule has 0 radical (unpaired) electrons. The Kier molecular flexibility index (Phi) is 5.30. The Morgan fingerprint density at radius 1 is 1.04 bits per heavy atom. The zero-order valence-electron chi connectivity index (χ0n) is 12.8. The van der Waals surface area contributed by atoms with E-state index in [0.717, 1.165) is 29.2 Å². The van der Waals surface area contributed by atoms with E-state index in [1.807, 2.05) is 35.7 Å². The van der Waals surface area contributed by atoms with Gasteiger partial charge in [0.15, 0.2) is 11.5 Å². The molecule has 2 aromatic carbocycles. The Hall–Kier alpha value is -1.73. The van der Waals surface area contributed by atoms with Gasteiger partial charge in [-0.15, -0.1) is 23.5 Å². The van der Waals surface area contributed by atoms with Crippen LogP contribution in [0.2, 0.25) is 0 Å². The van der Waals surface area contributed by atoms with Crippen LogP contribution < -0.4 is 9.47 Å². The smallest absolute Gasteiger partial charge is 0.343 e. The van der Waals surface area contributed by atoms with Gasteiger partial charge in [0.2, 0.25) is 0 Å². The Balaban J connectivity index is 1.82. The predicted molar refractivity (Wildman–Crippen MR) is 92.0 cm³/mol. The number of thioether (sulfide) groups is 2. The molecule has 0 aliphatic carbocycles. The van der Waals surface area contributed by atoms with Crippen molar-refractivity contribution in [2.45, 2.75) is 4.58 Å². The van der Waals surface area contributed by atoms with Crippen molar-refractivity contribution in [1.29, 1.82) is 0 Å². The van der Waals surface area contributed by atoms with Crippen LogP contribution in [0.15, 0.2) is 36.4 Å². The van der Waals surface area contributed by atoms with Gasteiger partial charge in [-0.05, 0) is 29.8 Å². The molecule has 3 nitrogen and oxygen atoms in total. The normalized spacial score (nSPS) is 14.6. The van der Waals surface area contributed by atoms with Crippen molar-refractivity contribution in [2.75, 3.05) is 18.6 Å². The number of halogens is 2. The second-order valence-corrected chi connectivity index (χ2v) is 7.76. The highest BCUT2D eigenvalue weighted by Crippen LogP contribution is 2.47. The number of hydrogen-bond acceptors (Lipinski definition) is 5. The lowest BCUT2D eigenvalue weighted by Gasteiger charge is -2.13. The van der Waals surface area contributed by atoms with Crippen LogP contribution in [0.3, 0.4) is 0 Å². The first-order valence-electron chi connectivity index (χ1n) is 7.16. The van der Waals surface area contributed by atoms with Gasteiger partial charge >= 0.3 is 5.97 Å². The van der Waals surface area contributed by atoms with Crippen molar-refractivity contribution >= 4 is 29.5 Å². The van der Waals surface area contributed by atoms with Crippen LogP contribution in [0, 0.1) is 11.6 Å². The summed E-state index contributed by atoms with van der Waals surface area (Å²) in [4.78, 5) is 12.1. The van der Waals surface area contributed by atoms with E-state index in [0.29, 0.717) is 16.4 Å². The van der Waals surface area contributed by atoms with E-state index >= 15 is 0 Å². The predicted octanol–water partition coefficient (Wildman–Crippen LogP) is 4.67. The van der Waals surface area contributed by atoms with Crippen LogP contribution in [-0.4, -0.2) is 24.6 Å². The number of hydrogen-bond donors (Lipinski definition) is 0. The van der Waals surface area contributed by atoms with Gasteiger partial charge in [-0.2, -0.15) is 0 Å². The van der Waals surface area contributed by atoms with Crippen molar-refractivity contribution in [1.82, 2.24) is 0 Å². The average Bonchev–Trinajstić information content (AvgIpc) is 3.08. The molecule has 3 rings (SSSR count). The van der Waals surface area contributed by atoms with E-state index in [-0.39, 0.29) is 11.3 Å². The maximum Gasteiger partial charge on any atom is 0.343 e. The molecule has 0 unspecified atom stereocenters. The zero-order valence-corrected chi connectivity index (χ0v) is 14.4. The molecule has 2 aromatic rings. The molecule has 1 heterocycles. The molecule has 0 aromatic heterocycles. The summed E-state index contributed by atoms with van der Waals surface area (Å²) < 4.78 is 37.3. The first kappa shape index (κ1) is 17.1. The van der Waals surface area contributed by atoms with Crippen LogP contribution in [0.25, 0.3) is 0 Å². The first-order chi connectivity index (χ1) is 11.6. The average molecular weight is 368 g/mol. The van der Waals surface area contributed by atoms with E-state index < -0.39 is 17.6 Å². The molecule has 1 saturated heterocycles. The third-order valence-corrected chi connectivity index (χ3v) is 6.49. The van der Waals surface area contributed by atoms with Gasteiger partial charge in [-0.1, -0.05) is 6.07 Å². The molecule has 7 heteroatoms. The fraction of sp³-hybridized carbons (Fsp3) is 0.235. The summed E-state index contributed by atoms with van der Waals surface area (Å²) >= 11 is 3.70. The quantitative estimate of drug-likeness (QED) is 0.579. The summed E-state index contributed by atoms with van der Waals surface area (Å²) in [5.74, 6) is 0.303. The van der Waals surface area contributed by atoms with Gasteiger partial charge in [-0.25, -0.2) is 13.6 Å². The maximum absolute atomic E-state index is 13.2. The van der Waals surface area contributed by atoms with E-state index in [1.54, 1.807) is 6.07 Å². The number of ether oxygens (including phenoxy) is 2. The van der Waals surface area contributed by atoms with Crippen molar-refractivity contribution < 1.29 is 23.0 Å². The highest BCUT2D eigenvalue weighted by Gasteiger charge is 2.21. The third kappa shape index (κ3) is 3.84. The molecule has 1 fully saturated rings. The summed E-state index contributed by atoms with van der Waals surface area (Å²) in [5.41, 5.74) is 0.886. The molecule has 126 valence electrons. The van der Waals surface area contributed by atoms with Crippen LogP contribution in [0.1, 0.15) is 20.5 Å². The second-order valence-electron chi connectivity index (χ2n) is 5.03. The molecule has 1 aliphatic rings. The van der Waals surface area contributed by atoms with Crippen LogP contribution >= 0.6 is 23.5 Å². The summed E-state index contributed by atoms with van der Waals surface area (Å²) in [6.07, 6.45) is 0. The maximum atomic E-state index is 13.2. The fourth-order valence-corrected chi connectivity index (χ4v) is 5.13. The highest BCUT2D eigenvalue weighted by molar-refractivity contribution is 8.19. The molecule has 1 aliphatic heterocycles. The lowest BCUT2D eigenvalue weighted by atomic mass is 10.2. The van der Waals surface area contributed by atoms with E-state index in [9.17, 15) is 13.6 Å². The van der Waals surface area contributed by atoms with E-state index in [2.05, 4.69) is 0 Å². The standard InChI is InChI=1S/C17H14F2O3S2/c1-21-15-8-10(17-23-4-5-24-17)2-3-14(15)22-16(20)11-6-12(18)9-13(19)7-11/h2-3,6-9,17H,4-5H2,1H3. The Bertz CT molecular complexity index is 741. The number of esters is 1. The number of methoxy groups -OCH3 is 1. The summed E-state index contributed by atoms with van der Waals surface area (Å²) in [5, 5.41) is 0. The van der Waals surface area contributed by atoms with Gasteiger partial charge in [0.25, 0.3) is 0 Å². The summed E-state index contributed by atoms with van der Waals surface area (Å²) in [7, 11) is 1.48. The number of carbonyl (C=O) groups excluding carboxylic acids is 1. The number of carbonyl (C=O) groups is 1. The minimum Gasteiger partial charge on any atom is -0.493 e. The lowest BCUT2D eigenvalue weighted by Crippen LogP contribution is -2.10. The minimum atomic E-state index is -0.843. The number of rotatable bonds is 4. The van der Waals surface area contributed by atoms with Gasteiger partial charge < -0.3 is 9.47 Å². The molecule has 0 saturated carbocycles. The molecule has 0 N–H and O–H groups in total. The SMILES string of the molecule is COc1cc(C2SCCS2)ccc1OC(=O)c1cc(F)cc(F)c1. The van der Waals surface area contributed by atoms with Gasteiger partial charge in [0.05, 0.1) is 17.3 Å². The van der Waals surface area contributed by atoms with Gasteiger partial charge in [0, 0.05) is 17.6 Å². The molecule has 0 bridgehead atoms. The van der Waals surface area contributed by atoms with Crippen LogP contribution in [-0.2, 0) is 0 Å². The first-order valence-corrected chi connectivity index (χ1v) is 9.26. The molecule has 0 atom stereocenters. The monoisotopic (exact) mass is 368 g/mol. The van der Waals surface area contributed by atoms with Crippen molar-refractivity contribution in [3.05, 3.63) is 59.2 Å². The van der Waals surface area contributed by atoms with Crippen molar-refractivity contribution in [2.24, 2.45) is 0 Å². The number of benzene rings is 2. The highest BCUT2D eigenvalue weighted by atomic mass is 32.2. The Labute approximate surface area is 146 Å². The van der Waals surface area contributed by atoms with E-state index in [1.165, 1.54) is 7.11 Å². The fourth-order valence-electron chi connectivity index (χ4n) is 2.30. The zero-order chi connectivity index (χ0) is 17.1. The minimum absolute atomic E-state index is 0.194. The van der Waals surface area contributed by atoms with Gasteiger partial charge in [0.1, 0.15) is 11.6 Å². The van der Waals surface area contributed by atoms with Crippen LogP contribution in [0.4, 0.5) is 8.78 Å². The molecule has 24 heavy (non-hydrogen) atoms. The largest absolute Gasteiger partial charge is 0.493 e. The Morgan fingerprint density at radius 2 is 1.71 bits per heavy atom. The summed E-state index contributed by atoms with van der Waals surface area (Å²) in [6.45, 7) is 0. The van der Waals surface area contributed by atoms with Gasteiger partial charge in [-0.3, -0.25) is 0 Å². The molecular weight excluding hydrogens is 354 g/mol. The Morgan fingerprint density at radius 3 is 2.33 bits per heavy atom. The molecule has 0 spiro atoms.